The van der Waals surface area contributed by atoms with E-state index in [1.54, 1.807) is 120 Å². The van der Waals surface area contributed by atoms with Crippen molar-refractivity contribution in [3.05, 3.63) is 174 Å². The normalized spacial score (nSPS) is 9.16. The van der Waals surface area contributed by atoms with Gasteiger partial charge < -0.3 is 14.4 Å². The van der Waals surface area contributed by atoms with E-state index in [4.69, 9.17) is 81.2 Å². The molecule has 0 N–H and O–H groups in total. The number of halogens is 8. The summed E-state index contributed by atoms with van der Waals surface area (Å²) >= 11 is 39.5. The number of Topliss-reactive ketones (excluding diaryl/α,β-unsaturated/α-hetero) is 6. The van der Waals surface area contributed by atoms with Crippen molar-refractivity contribution in [2.24, 2.45) is 11.8 Å². The number of hydrogen-bond acceptors (Lipinski definition) is 16. The van der Waals surface area contributed by atoms with Gasteiger partial charge in [0.05, 0.1) is 0 Å². The van der Waals surface area contributed by atoms with Crippen LogP contribution in [-0.4, -0.2) is 88.2 Å². The molecule has 2 aromatic rings. The lowest BCUT2D eigenvalue weighted by atomic mass is 10.00. The smallest absolute Gasteiger partial charge is 0.247 e. The highest BCUT2D eigenvalue weighted by atomic mass is 35.5. The minimum atomic E-state index is -0.450. The number of hydrogen-bond donors (Lipinski definition) is 0. The molecule has 0 atom stereocenters. The molecule has 16 nitrogen and oxygen atoms in total. The first-order valence-corrected chi connectivity index (χ1v) is 38.1. The lowest BCUT2D eigenvalue weighted by Crippen LogP contribution is -2.07. The van der Waals surface area contributed by atoms with E-state index >= 15 is 0 Å². The lowest BCUT2D eigenvalue weighted by Gasteiger charge is -2.04. The Kier molecular flexibility index (Phi) is 131. The Labute approximate surface area is 701 Å². The summed E-state index contributed by atoms with van der Waals surface area (Å²) in [4.78, 5) is 161. The van der Waals surface area contributed by atoms with Crippen molar-refractivity contribution in [1.29, 1.82) is 0 Å². The third-order valence-electron chi connectivity index (χ3n) is 11.0. The number of unbranched alkanes of at least 4 members (excludes halogenated alkanes) is 2. The summed E-state index contributed by atoms with van der Waals surface area (Å²) in [6.45, 7) is 52.4. The number of ketones is 8. The first-order chi connectivity index (χ1) is 50.7. The molecule has 0 unspecified atom stereocenters. The van der Waals surface area contributed by atoms with Crippen LogP contribution in [0.25, 0.3) is 6.08 Å². The SMILES string of the molecule is C/C=C(/C)C(=O)Cl.C/C=C(\C)C(=O)Cl.C/C=C/C(=O)Cl.C=CC(C)=O.C=CCCC(=O)Cl.CC(=O)C(C)C.CC(=O)Cl.CC(=O)c1ccccc1.CC(C)=CC(=O)Cl.CC(C)=CC(=O)Cl.CC/C=C/C(C)=O.CCC(C)=O.CCC(CC)C(C)=O.CCCC(C)=O.CCCCCC(C)=O.O=C(Cl)/C=C/c1ccccc1. The highest BCUT2D eigenvalue weighted by Crippen LogP contribution is 2.07. The molecule has 0 bridgehead atoms. The van der Waals surface area contributed by atoms with Gasteiger partial charge >= 0.3 is 0 Å². The minimum absolute atomic E-state index is 0.0185. The van der Waals surface area contributed by atoms with Gasteiger partial charge in [-0.2, -0.15) is 0 Å². The number of carbonyl (C=O) groups is 16. The monoisotopic (exact) mass is 1700 g/mol. The van der Waals surface area contributed by atoms with Crippen LogP contribution in [0, 0.1) is 11.8 Å². The van der Waals surface area contributed by atoms with Gasteiger partial charge in [-0.3, -0.25) is 62.3 Å². The van der Waals surface area contributed by atoms with E-state index in [-0.39, 0.29) is 61.6 Å². The Morgan fingerprint density at radius 1 is 0.436 bits per heavy atom. The van der Waals surface area contributed by atoms with Crippen LogP contribution in [0.2, 0.25) is 0 Å². The molecule has 0 radical (unpaired) electrons. The molecule has 24 heteroatoms. The summed E-state index contributed by atoms with van der Waals surface area (Å²) < 4.78 is 0. The summed E-state index contributed by atoms with van der Waals surface area (Å²) in [7, 11) is 0. The maximum absolute atomic E-state index is 10.6. The van der Waals surface area contributed by atoms with Gasteiger partial charge in [0.25, 0.3) is 0 Å². The molecule has 2 aromatic carbocycles. The van der Waals surface area contributed by atoms with Gasteiger partial charge in [-0.1, -0.05) is 183 Å². The summed E-state index contributed by atoms with van der Waals surface area (Å²) in [5.74, 6) is 2.24. The van der Waals surface area contributed by atoms with E-state index in [0.717, 1.165) is 67.2 Å². The zero-order valence-corrected chi connectivity index (χ0v) is 76.4. The predicted octanol–water partition coefficient (Wildman–Crippen LogP) is 25.1. The summed E-state index contributed by atoms with van der Waals surface area (Å²) in [6.07, 6.45) is 29.0. The molecule has 0 saturated carbocycles. The fraction of sp³-hybridized carbons (Fsp3) is 0.465. The van der Waals surface area contributed by atoms with Crippen LogP contribution in [0.1, 0.15) is 273 Å². The van der Waals surface area contributed by atoms with Gasteiger partial charge in [-0.05, 0) is 291 Å². The highest BCUT2D eigenvalue weighted by molar-refractivity contribution is 6.68. The molecule has 0 aliphatic carbocycles. The van der Waals surface area contributed by atoms with Gasteiger partial charge in [0.15, 0.2) is 17.3 Å². The van der Waals surface area contributed by atoms with Crippen molar-refractivity contribution < 1.29 is 76.7 Å². The largest absolute Gasteiger partial charge is 0.300 e. The summed E-state index contributed by atoms with van der Waals surface area (Å²) in [5, 5.41) is -3.07. The first-order valence-electron chi connectivity index (χ1n) is 35.1. The van der Waals surface area contributed by atoms with Crippen molar-refractivity contribution in [2.75, 3.05) is 0 Å². The minimum Gasteiger partial charge on any atom is -0.300 e. The Morgan fingerprint density at radius 3 is 0.909 bits per heavy atom. The second-order valence-electron chi connectivity index (χ2n) is 22.8. The fourth-order valence-electron chi connectivity index (χ4n) is 4.55. The highest BCUT2D eigenvalue weighted by Gasteiger charge is 2.07. The van der Waals surface area contributed by atoms with E-state index < -0.39 is 21.0 Å². The van der Waals surface area contributed by atoms with Gasteiger partial charge in [0.2, 0.25) is 41.9 Å². The molecule has 0 saturated heterocycles. The van der Waals surface area contributed by atoms with Crippen molar-refractivity contribution in [3.8, 4) is 0 Å². The molecule has 2 rings (SSSR count). The van der Waals surface area contributed by atoms with E-state index in [1.807, 2.05) is 129 Å². The fourth-order valence-corrected chi connectivity index (χ4v) is 5.50. The van der Waals surface area contributed by atoms with Crippen LogP contribution in [0.3, 0.4) is 0 Å². The van der Waals surface area contributed by atoms with E-state index in [9.17, 15) is 76.7 Å². The molecule has 0 heterocycles. The third kappa shape index (κ3) is 190. The van der Waals surface area contributed by atoms with E-state index in [0.29, 0.717) is 47.9 Å². The van der Waals surface area contributed by atoms with Gasteiger partial charge in [0.1, 0.15) is 28.9 Å². The van der Waals surface area contributed by atoms with Crippen LogP contribution in [0.5, 0.6) is 0 Å². The summed E-state index contributed by atoms with van der Waals surface area (Å²) in [6, 6.07) is 18.7. The predicted molar refractivity (Wildman–Crippen MR) is 469 cm³/mol. The van der Waals surface area contributed by atoms with Crippen molar-refractivity contribution in [1.82, 2.24) is 0 Å². The number of benzene rings is 2. The Balaban J connectivity index is -0.0000000749. The summed E-state index contributed by atoms with van der Waals surface area (Å²) in [5.41, 5.74) is 4.81. The zero-order chi connectivity index (χ0) is 89.9. The standard InChI is InChI=1S/C9H7ClO.C8H8O.2C7H14O.C6H10O.5C5H7ClO.2C5H10O.C4H5ClO.C4H8O.C4H6O.C2H3ClO/c10-9(11)7-6-8-4-2-1-3-5-8;1-7(9)8-5-3-2-4-6-8;1-4-7(5-2)6(3)8;1-3-4-5-6-7(2)8;1-3-4-5-6(2)7;2*1-4(2)3-5(6)7;2*1-3-4(2)5(6)7;1-2-3-4-5(6)7;1-4(2)5(3)6;1-3-4-5(2)6;1-2-3-4(5)6;2*1-3-4(2)5;1-2(3)4/h1-7H;2-6H,1H3;7H,4-5H2,1-3H3;3-6H2,1-2H3;4-5H,3H2,1-2H3;4*3H,1-2H3;2H,1,3-4H2;4H,1-3H3;3-4H2,1-2H3;2-3H,1H3;3H2,1-2H3;3H,1H2,2H3;1H3/b7-6+;;;;5-4+;;;4-3+;4-3-;;;;3-2+;;;. The molecular weight excluding hydrogens is 1570 g/mol. The molecule has 0 spiro atoms. The van der Waals surface area contributed by atoms with Gasteiger partial charge in [-0.25, -0.2) is 0 Å². The zero-order valence-electron chi connectivity index (χ0n) is 70.3. The molecule has 110 heavy (non-hydrogen) atoms. The van der Waals surface area contributed by atoms with E-state index in [1.165, 1.54) is 57.1 Å². The molecule has 0 aliphatic heterocycles. The number of allylic oxidation sites excluding steroid dienone is 15. The van der Waals surface area contributed by atoms with Crippen LogP contribution in [0.15, 0.2) is 163 Å². The van der Waals surface area contributed by atoms with Crippen LogP contribution in [-0.2, 0) is 71.9 Å². The van der Waals surface area contributed by atoms with Crippen LogP contribution in [0.4, 0.5) is 0 Å². The van der Waals surface area contributed by atoms with Gasteiger partial charge in [-0.15, -0.1) is 6.58 Å². The van der Waals surface area contributed by atoms with Crippen molar-refractivity contribution in [3.63, 3.8) is 0 Å². The topological polar surface area (TPSA) is 273 Å². The van der Waals surface area contributed by atoms with E-state index in [2.05, 4.69) is 45.5 Å². The molecule has 0 amide bonds. The maximum atomic E-state index is 10.6. The third-order valence-corrected chi connectivity index (χ3v) is 12.3. The van der Waals surface area contributed by atoms with Gasteiger partial charge in [0, 0.05) is 61.2 Å². The van der Waals surface area contributed by atoms with Crippen LogP contribution < -0.4 is 0 Å². The molecular formula is C86H130Cl8O16. The quantitative estimate of drug-likeness (QED) is 0.0294. The molecule has 0 aliphatic rings. The Bertz CT molecular complexity index is 3010. The average Bonchev–Trinajstić information content (AvgIpc) is 0.921. The second-order valence-corrected chi connectivity index (χ2v) is 25.9. The lowest BCUT2D eigenvalue weighted by molar-refractivity contribution is -0.121. The average molecular weight is 1700 g/mol. The number of carbonyl (C=O) groups excluding carboxylic acids is 16. The molecule has 626 valence electrons. The first kappa shape index (κ1) is 135. The Morgan fingerprint density at radius 2 is 0.791 bits per heavy atom. The molecule has 0 aromatic heterocycles. The van der Waals surface area contributed by atoms with Crippen molar-refractivity contribution >= 4 is 187 Å². The maximum Gasteiger partial charge on any atom is 0.247 e. The Hall–Kier alpha value is -6.86. The molecule has 0 fully saturated rings. The number of rotatable bonds is 25. The van der Waals surface area contributed by atoms with Crippen LogP contribution >= 0.6 is 92.8 Å². The van der Waals surface area contributed by atoms with Crippen molar-refractivity contribution in [2.45, 2.75) is 257 Å². The second kappa shape index (κ2) is 106.